The van der Waals surface area contributed by atoms with E-state index in [1.165, 1.54) is 0 Å². The Bertz CT molecular complexity index is 1070. The molecule has 4 aromatic rings. The number of rotatable bonds is 4. The fraction of sp³-hybridized carbons (Fsp3) is 0.150. The van der Waals surface area contributed by atoms with Gasteiger partial charge in [-0.1, -0.05) is 19.1 Å². The minimum absolute atomic E-state index is 0.442. The van der Waals surface area contributed by atoms with Crippen LogP contribution in [0.4, 0.5) is 5.82 Å². The third-order valence-electron chi connectivity index (χ3n) is 4.35. The lowest BCUT2D eigenvalue weighted by atomic mass is 10.2. The molecular weight excluding hydrogens is 346 g/mol. The molecule has 0 amide bonds. The van der Waals surface area contributed by atoms with Crippen LogP contribution in [-0.2, 0) is 12.3 Å². The van der Waals surface area contributed by atoms with Crippen LogP contribution in [0.2, 0.25) is 0 Å². The zero-order valence-corrected chi connectivity index (χ0v) is 15.1. The van der Waals surface area contributed by atoms with Crippen molar-refractivity contribution in [2.45, 2.75) is 19.2 Å². The molecule has 4 rings (SSSR count). The maximum Gasteiger partial charge on any atom is 0.165 e. The van der Waals surface area contributed by atoms with Gasteiger partial charge in [0.15, 0.2) is 11.5 Å². The van der Waals surface area contributed by atoms with Crippen LogP contribution in [0.3, 0.4) is 0 Å². The van der Waals surface area contributed by atoms with Gasteiger partial charge < -0.3 is 5.73 Å². The van der Waals surface area contributed by atoms with Crippen molar-refractivity contribution in [3.63, 3.8) is 0 Å². The molecule has 0 aliphatic carbocycles. The minimum atomic E-state index is 0.442. The van der Waals surface area contributed by atoms with Gasteiger partial charge in [-0.25, -0.2) is 15.0 Å². The first-order valence-electron chi connectivity index (χ1n) is 8.45. The summed E-state index contributed by atoms with van der Waals surface area (Å²) < 4.78 is 2.03. The van der Waals surface area contributed by atoms with Gasteiger partial charge in [-0.3, -0.25) is 4.57 Å². The molecule has 26 heavy (non-hydrogen) atoms. The average molecular weight is 364 g/mol. The van der Waals surface area contributed by atoms with Gasteiger partial charge in [0.1, 0.15) is 11.3 Å². The summed E-state index contributed by atoms with van der Waals surface area (Å²) in [4.78, 5) is 13.8. The van der Waals surface area contributed by atoms with E-state index in [0.717, 1.165) is 45.9 Å². The van der Waals surface area contributed by atoms with Gasteiger partial charge in [0.2, 0.25) is 0 Å². The molecule has 0 radical (unpaired) electrons. The Balaban J connectivity index is 2.03. The fourth-order valence-corrected chi connectivity index (χ4v) is 3.14. The molecule has 0 aliphatic rings. The SMILES string of the molecule is CCc1ccc2nc(-c3cccnc3N)n(-c3ccc(CCl)cc3)c2n1. The van der Waals surface area contributed by atoms with Crippen LogP contribution in [-0.4, -0.2) is 19.5 Å². The van der Waals surface area contributed by atoms with Crippen molar-refractivity contribution in [2.75, 3.05) is 5.73 Å². The lowest BCUT2D eigenvalue weighted by Gasteiger charge is -2.11. The van der Waals surface area contributed by atoms with Crippen LogP contribution in [0, 0.1) is 0 Å². The molecule has 0 saturated carbocycles. The number of halogens is 1. The highest BCUT2D eigenvalue weighted by Gasteiger charge is 2.18. The van der Waals surface area contributed by atoms with Gasteiger partial charge in [-0.05, 0) is 48.4 Å². The number of hydrogen-bond acceptors (Lipinski definition) is 4. The Morgan fingerprint density at radius 2 is 1.85 bits per heavy atom. The number of anilines is 1. The van der Waals surface area contributed by atoms with Crippen LogP contribution in [0.25, 0.3) is 28.2 Å². The number of hydrogen-bond donors (Lipinski definition) is 1. The summed E-state index contributed by atoms with van der Waals surface area (Å²) in [6, 6.07) is 15.9. The molecular formula is C20H18ClN5. The summed E-state index contributed by atoms with van der Waals surface area (Å²) in [6.07, 6.45) is 2.53. The van der Waals surface area contributed by atoms with Crippen molar-refractivity contribution < 1.29 is 0 Å². The lowest BCUT2D eigenvalue weighted by Crippen LogP contribution is -2.02. The molecule has 0 bridgehead atoms. The van der Waals surface area contributed by atoms with Gasteiger partial charge in [0.05, 0.1) is 5.56 Å². The van der Waals surface area contributed by atoms with Gasteiger partial charge in [0.25, 0.3) is 0 Å². The second-order valence-corrected chi connectivity index (χ2v) is 6.27. The van der Waals surface area contributed by atoms with E-state index in [1.54, 1.807) is 6.20 Å². The van der Waals surface area contributed by atoms with Gasteiger partial charge in [-0.15, -0.1) is 11.6 Å². The predicted octanol–water partition coefficient (Wildman–Crippen LogP) is 4.37. The first-order valence-corrected chi connectivity index (χ1v) is 8.99. The molecule has 2 N–H and O–H groups in total. The van der Waals surface area contributed by atoms with Gasteiger partial charge in [-0.2, -0.15) is 0 Å². The molecule has 3 aromatic heterocycles. The van der Waals surface area contributed by atoms with Crippen LogP contribution < -0.4 is 5.73 Å². The molecule has 0 unspecified atom stereocenters. The highest BCUT2D eigenvalue weighted by Crippen LogP contribution is 2.30. The number of nitrogen functional groups attached to an aromatic ring is 1. The summed E-state index contributed by atoms with van der Waals surface area (Å²) in [5, 5.41) is 0. The van der Waals surface area contributed by atoms with Crippen LogP contribution in [0.15, 0.2) is 54.7 Å². The van der Waals surface area contributed by atoms with E-state index in [-0.39, 0.29) is 0 Å². The summed E-state index contributed by atoms with van der Waals surface area (Å²) in [7, 11) is 0. The van der Waals surface area contributed by atoms with Crippen LogP contribution >= 0.6 is 11.6 Å². The normalized spacial score (nSPS) is 11.2. The number of aromatic nitrogens is 4. The quantitative estimate of drug-likeness (QED) is 0.547. The number of fused-ring (bicyclic) bond motifs is 1. The van der Waals surface area contributed by atoms with E-state index >= 15 is 0 Å². The highest BCUT2D eigenvalue weighted by atomic mass is 35.5. The monoisotopic (exact) mass is 363 g/mol. The molecule has 3 heterocycles. The highest BCUT2D eigenvalue weighted by molar-refractivity contribution is 6.17. The molecule has 6 heteroatoms. The van der Waals surface area contributed by atoms with Crippen molar-refractivity contribution in [1.29, 1.82) is 0 Å². The zero-order chi connectivity index (χ0) is 18.1. The van der Waals surface area contributed by atoms with E-state index in [2.05, 4.69) is 11.9 Å². The topological polar surface area (TPSA) is 69.6 Å². The number of nitrogens with zero attached hydrogens (tertiary/aromatic N) is 4. The predicted molar refractivity (Wildman–Crippen MR) is 105 cm³/mol. The fourth-order valence-electron chi connectivity index (χ4n) is 2.96. The summed E-state index contributed by atoms with van der Waals surface area (Å²) >= 11 is 5.93. The second kappa shape index (κ2) is 6.77. The molecule has 5 nitrogen and oxygen atoms in total. The van der Waals surface area contributed by atoms with Gasteiger partial charge >= 0.3 is 0 Å². The molecule has 130 valence electrons. The van der Waals surface area contributed by atoms with Gasteiger partial charge in [0, 0.05) is 23.5 Å². The van der Waals surface area contributed by atoms with E-state index < -0.39 is 0 Å². The number of aryl methyl sites for hydroxylation is 1. The zero-order valence-electron chi connectivity index (χ0n) is 14.4. The smallest absolute Gasteiger partial charge is 0.165 e. The minimum Gasteiger partial charge on any atom is -0.383 e. The molecule has 0 spiro atoms. The van der Waals surface area contributed by atoms with E-state index in [1.807, 2.05) is 53.1 Å². The largest absolute Gasteiger partial charge is 0.383 e. The number of nitrogens with two attached hydrogens (primary N) is 1. The molecule has 0 atom stereocenters. The molecule has 0 aliphatic heterocycles. The van der Waals surface area contributed by atoms with Crippen molar-refractivity contribution >= 4 is 28.6 Å². The number of pyridine rings is 2. The van der Waals surface area contributed by atoms with Crippen LogP contribution in [0.5, 0.6) is 0 Å². The first-order chi connectivity index (χ1) is 12.7. The standard InChI is InChI=1S/C20H18ClN5/c1-2-14-7-10-17-20(24-14)26(15-8-5-13(12-21)6-9-15)19(25-17)16-4-3-11-23-18(16)22/h3-11H,2,12H2,1H3,(H2,22,23). The van der Waals surface area contributed by atoms with Crippen molar-refractivity contribution in [3.05, 3.63) is 66.0 Å². The average Bonchev–Trinajstić information content (AvgIpc) is 3.06. The molecule has 0 fully saturated rings. The summed E-state index contributed by atoms with van der Waals surface area (Å²) in [5.74, 6) is 1.65. The van der Waals surface area contributed by atoms with Crippen molar-refractivity contribution in [1.82, 2.24) is 19.5 Å². The van der Waals surface area contributed by atoms with E-state index in [0.29, 0.717) is 11.7 Å². The van der Waals surface area contributed by atoms with Crippen molar-refractivity contribution in [3.8, 4) is 17.1 Å². The maximum absolute atomic E-state index is 6.12. The summed E-state index contributed by atoms with van der Waals surface area (Å²) in [5.41, 5.74) is 11.6. The van der Waals surface area contributed by atoms with Crippen LogP contribution in [0.1, 0.15) is 18.2 Å². The van der Waals surface area contributed by atoms with Crippen molar-refractivity contribution in [2.24, 2.45) is 0 Å². The number of alkyl halides is 1. The second-order valence-electron chi connectivity index (χ2n) is 6.01. The lowest BCUT2D eigenvalue weighted by molar-refractivity contribution is 1.02. The molecule has 1 aromatic carbocycles. The third kappa shape index (κ3) is 2.80. The number of imidazole rings is 1. The maximum atomic E-state index is 6.12. The summed E-state index contributed by atoms with van der Waals surface area (Å²) in [6.45, 7) is 2.09. The Kier molecular flexibility index (Phi) is 4.31. The van der Waals surface area contributed by atoms with E-state index in [9.17, 15) is 0 Å². The number of benzene rings is 1. The first kappa shape index (κ1) is 16.5. The Morgan fingerprint density at radius 1 is 1.04 bits per heavy atom. The third-order valence-corrected chi connectivity index (χ3v) is 4.66. The Hall–Kier alpha value is -2.92. The Labute approximate surface area is 156 Å². The van der Waals surface area contributed by atoms with E-state index in [4.69, 9.17) is 27.3 Å². The molecule has 0 saturated heterocycles. The Morgan fingerprint density at radius 3 is 2.54 bits per heavy atom.